The molecule has 30 heavy (non-hydrogen) atoms. The number of amides is 2. The summed E-state index contributed by atoms with van der Waals surface area (Å²) >= 11 is 6.13. The number of fused-ring (bicyclic) bond motifs is 2. The largest absolute Gasteiger partial charge is 0.482 e. The van der Waals surface area contributed by atoms with E-state index in [0.717, 1.165) is 24.8 Å². The number of carbonyl (C=O) groups excluding carboxylic acids is 2. The van der Waals surface area contributed by atoms with Gasteiger partial charge in [0.2, 0.25) is 5.91 Å². The van der Waals surface area contributed by atoms with Gasteiger partial charge in [0.25, 0.3) is 5.91 Å². The Kier molecular flexibility index (Phi) is 5.71. The van der Waals surface area contributed by atoms with Crippen LogP contribution in [0.5, 0.6) is 5.75 Å². The van der Waals surface area contributed by atoms with Crippen molar-refractivity contribution in [3.05, 3.63) is 52.5 Å². The maximum atomic E-state index is 12.8. The quantitative estimate of drug-likeness (QED) is 0.732. The lowest BCUT2D eigenvalue weighted by atomic mass is 9.88. The van der Waals surface area contributed by atoms with E-state index in [-0.39, 0.29) is 52.3 Å². The molecule has 0 saturated heterocycles. The highest BCUT2D eigenvalue weighted by Gasteiger charge is 2.26. The number of halogens is 1. The minimum atomic E-state index is -3.82. The van der Waals surface area contributed by atoms with E-state index >= 15 is 0 Å². The normalized spacial score (nSPS) is 17.9. The maximum Gasteiger partial charge on any atom is 0.262 e. The van der Waals surface area contributed by atoms with Gasteiger partial charge in [-0.15, -0.1) is 0 Å². The molecular formula is C21H21ClN2O5S. The van der Waals surface area contributed by atoms with Crippen molar-refractivity contribution >= 4 is 38.9 Å². The van der Waals surface area contributed by atoms with Gasteiger partial charge in [-0.1, -0.05) is 35.9 Å². The molecule has 2 aromatic carbocycles. The maximum absolute atomic E-state index is 12.8. The standard InChI is InChI=1S/C21H21ClN2O5S/c22-15-10-17-18(29-12-21(26)24-17)11-19(15)30(27,28)9-8-20(25)23-16-7-3-5-13-4-1-2-6-14(13)16/h1-2,4,6,10-11,16H,3,5,7-9,12H2,(H,23,25)(H,24,26)/t16-/m0/s1. The molecular weight excluding hydrogens is 428 g/mol. The molecule has 1 heterocycles. The molecule has 9 heteroatoms. The Morgan fingerprint density at radius 3 is 2.90 bits per heavy atom. The van der Waals surface area contributed by atoms with Crippen LogP contribution in [0.2, 0.25) is 5.02 Å². The van der Waals surface area contributed by atoms with Gasteiger partial charge in [-0.25, -0.2) is 8.42 Å². The number of benzene rings is 2. The lowest BCUT2D eigenvalue weighted by Crippen LogP contribution is -2.32. The highest BCUT2D eigenvalue weighted by molar-refractivity contribution is 7.91. The van der Waals surface area contributed by atoms with Crippen molar-refractivity contribution in [3.8, 4) is 5.75 Å². The van der Waals surface area contributed by atoms with Crippen LogP contribution in [0.1, 0.15) is 36.4 Å². The van der Waals surface area contributed by atoms with Crippen molar-refractivity contribution in [2.75, 3.05) is 17.7 Å². The second-order valence-corrected chi connectivity index (χ2v) is 9.88. The number of hydrogen-bond donors (Lipinski definition) is 2. The topological polar surface area (TPSA) is 102 Å². The summed E-state index contributed by atoms with van der Waals surface area (Å²) in [5.41, 5.74) is 2.63. The zero-order valence-electron chi connectivity index (χ0n) is 16.1. The van der Waals surface area contributed by atoms with E-state index in [2.05, 4.69) is 16.7 Å². The molecule has 0 unspecified atom stereocenters. The van der Waals surface area contributed by atoms with E-state index in [1.165, 1.54) is 17.7 Å². The summed E-state index contributed by atoms with van der Waals surface area (Å²) in [6, 6.07) is 10.5. The Hall–Kier alpha value is -2.58. The summed E-state index contributed by atoms with van der Waals surface area (Å²) in [7, 11) is -3.82. The van der Waals surface area contributed by atoms with Crippen LogP contribution in [0.4, 0.5) is 5.69 Å². The van der Waals surface area contributed by atoms with Crippen molar-refractivity contribution in [1.29, 1.82) is 0 Å². The average molecular weight is 449 g/mol. The molecule has 0 aromatic heterocycles. The summed E-state index contributed by atoms with van der Waals surface area (Å²) in [5, 5.41) is 5.51. The smallest absolute Gasteiger partial charge is 0.262 e. The minimum Gasteiger partial charge on any atom is -0.482 e. The monoisotopic (exact) mass is 448 g/mol. The number of carbonyl (C=O) groups is 2. The first kappa shape index (κ1) is 20.7. The molecule has 0 bridgehead atoms. The second-order valence-electron chi connectivity index (χ2n) is 7.40. The predicted molar refractivity (Wildman–Crippen MR) is 113 cm³/mol. The highest BCUT2D eigenvalue weighted by Crippen LogP contribution is 2.36. The Morgan fingerprint density at radius 2 is 2.07 bits per heavy atom. The second kappa shape index (κ2) is 8.28. The Bertz CT molecular complexity index is 1120. The van der Waals surface area contributed by atoms with Crippen LogP contribution in [0.3, 0.4) is 0 Å². The van der Waals surface area contributed by atoms with E-state index < -0.39 is 9.84 Å². The molecule has 2 amide bonds. The van der Waals surface area contributed by atoms with Crippen LogP contribution in [0.15, 0.2) is 41.3 Å². The fraction of sp³-hybridized carbons (Fsp3) is 0.333. The molecule has 1 atom stereocenters. The first-order valence-electron chi connectivity index (χ1n) is 9.69. The average Bonchev–Trinajstić information content (AvgIpc) is 2.72. The molecule has 0 saturated carbocycles. The van der Waals surface area contributed by atoms with E-state index in [1.54, 1.807) is 0 Å². The molecule has 1 aliphatic carbocycles. The zero-order chi connectivity index (χ0) is 21.3. The fourth-order valence-corrected chi connectivity index (χ4v) is 5.66. The summed E-state index contributed by atoms with van der Waals surface area (Å²) in [5.74, 6) is -0.799. The summed E-state index contributed by atoms with van der Waals surface area (Å²) < 4.78 is 30.9. The minimum absolute atomic E-state index is 0.0267. The number of aryl methyl sites for hydroxylation is 1. The molecule has 0 spiro atoms. The molecule has 0 radical (unpaired) electrons. The molecule has 1 aliphatic heterocycles. The molecule has 4 rings (SSSR count). The summed E-state index contributed by atoms with van der Waals surface area (Å²) in [4.78, 5) is 23.8. The van der Waals surface area contributed by atoms with Gasteiger partial charge in [-0.05, 0) is 36.5 Å². The fourth-order valence-electron chi connectivity index (χ4n) is 3.83. The van der Waals surface area contributed by atoms with Crippen molar-refractivity contribution in [1.82, 2.24) is 5.32 Å². The third-order valence-electron chi connectivity index (χ3n) is 5.30. The summed E-state index contributed by atoms with van der Waals surface area (Å²) in [6.45, 7) is -0.195. The van der Waals surface area contributed by atoms with Gasteiger partial charge in [0.1, 0.15) is 5.75 Å². The van der Waals surface area contributed by atoms with Crippen molar-refractivity contribution < 1.29 is 22.7 Å². The number of nitrogens with one attached hydrogen (secondary N) is 2. The zero-order valence-corrected chi connectivity index (χ0v) is 17.7. The van der Waals surface area contributed by atoms with Crippen molar-refractivity contribution in [2.45, 2.75) is 36.6 Å². The first-order valence-corrected chi connectivity index (χ1v) is 11.7. The molecule has 0 fully saturated rings. The Labute approximate surface area is 179 Å². The van der Waals surface area contributed by atoms with E-state index in [1.807, 2.05) is 18.2 Å². The number of anilines is 1. The van der Waals surface area contributed by atoms with Gasteiger partial charge in [-0.3, -0.25) is 9.59 Å². The lowest BCUT2D eigenvalue weighted by Gasteiger charge is -2.26. The number of hydrogen-bond acceptors (Lipinski definition) is 5. The van der Waals surface area contributed by atoms with Crippen molar-refractivity contribution in [2.24, 2.45) is 0 Å². The van der Waals surface area contributed by atoms with E-state index in [4.69, 9.17) is 16.3 Å². The predicted octanol–water partition coefficient (Wildman–Crippen LogP) is 3.03. The van der Waals surface area contributed by atoms with Gasteiger partial charge >= 0.3 is 0 Å². The van der Waals surface area contributed by atoms with E-state index in [9.17, 15) is 18.0 Å². The SMILES string of the molecule is O=C1COc2cc(S(=O)(=O)CCC(=O)N[C@H]3CCCc4ccccc43)c(Cl)cc2N1. The molecule has 158 valence electrons. The van der Waals surface area contributed by atoms with Gasteiger partial charge < -0.3 is 15.4 Å². The van der Waals surface area contributed by atoms with Crippen molar-refractivity contribution in [3.63, 3.8) is 0 Å². The number of sulfone groups is 1. The van der Waals surface area contributed by atoms with Crippen LogP contribution in [-0.4, -0.2) is 32.6 Å². The van der Waals surface area contributed by atoms with Gasteiger partial charge in [0.05, 0.1) is 27.4 Å². The van der Waals surface area contributed by atoms with Crippen LogP contribution < -0.4 is 15.4 Å². The number of rotatable bonds is 5. The van der Waals surface area contributed by atoms with Gasteiger partial charge in [0, 0.05) is 12.5 Å². The third-order valence-corrected chi connectivity index (χ3v) is 7.48. The Balaban J connectivity index is 1.44. The molecule has 7 nitrogen and oxygen atoms in total. The van der Waals surface area contributed by atoms with Crippen LogP contribution in [0.25, 0.3) is 0 Å². The van der Waals surface area contributed by atoms with Crippen LogP contribution in [0, 0.1) is 0 Å². The number of ether oxygens (including phenoxy) is 1. The van der Waals surface area contributed by atoms with E-state index in [0.29, 0.717) is 5.69 Å². The molecule has 2 aromatic rings. The Morgan fingerprint density at radius 1 is 1.27 bits per heavy atom. The molecule has 2 aliphatic rings. The van der Waals surface area contributed by atoms with Gasteiger partial charge in [0.15, 0.2) is 16.4 Å². The lowest BCUT2D eigenvalue weighted by molar-refractivity contribution is -0.121. The highest BCUT2D eigenvalue weighted by atomic mass is 35.5. The molecule has 2 N–H and O–H groups in total. The summed E-state index contributed by atoms with van der Waals surface area (Å²) in [6.07, 6.45) is 2.61. The first-order chi connectivity index (χ1) is 14.3. The van der Waals surface area contributed by atoms with Crippen LogP contribution in [-0.2, 0) is 25.8 Å². The van der Waals surface area contributed by atoms with Crippen LogP contribution >= 0.6 is 11.6 Å². The third kappa shape index (κ3) is 4.29. The van der Waals surface area contributed by atoms with Gasteiger partial charge in [-0.2, -0.15) is 0 Å².